The molecule has 4 nitrogen and oxygen atoms in total. The lowest BCUT2D eigenvalue weighted by molar-refractivity contribution is 0.471. The molecule has 0 aliphatic heterocycles. The van der Waals surface area contributed by atoms with E-state index in [0.717, 1.165) is 17.9 Å². The number of sulfone groups is 1. The number of aromatic hydroxyl groups is 1. The average molecular weight is 374 g/mol. The van der Waals surface area contributed by atoms with Crippen molar-refractivity contribution in [2.24, 2.45) is 0 Å². The summed E-state index contributed by atoms with van der Waals surface area (Å²) in [6.45, 7) is 0.295. The van der Waals surface area contributed by atoms with Crippen molar-refractivity contribution in [2.75, 3.05) is 11.6 Å². The highest BCUT2D eigenvalue weighted by Gasteiger charge is 2.11. The van der Waals surface area contributed by atoms with Gasteiger partial charge in [-0.1, -0.05) is 6.07 Å². The number of hydrogen-bond donors (Lipinski definition) is 2. The van der Waals surface area contributed by atoms with Gasteiger partial charge in [-0.15, -0.1) is 0 Å². The van der Waals surface area contributed by atoms with Crippen LogP contribution in [0.25, 0.3) is 0 Å². The van der Waals surface area contributed by atoms with Gasteiger partial charge in [0.05, 0.1) is 15.1 Å². The molecule has 2 aromatic rings. The number of anilines is 1. The second kappa shape index (κ2) is 6.03. The molecule has 21 heavy (non-hydrogen) atoms. The molecule has 0 atom stereocenters. The van der Waals surface area contributed by atoms with Gasteiger partial charge in [-0.25, -0.2) is 12.8 Å². The van der Waals surface area contributed by atoms with Gasteiger partial charge in [0, 0.05) is 12.8 Å². The van der Waals surface area contributed by atoms with E-state index in [2.05, 4.69) is 21.2 Å². The van der Waals surface area contributed by atoms with Gasteiger partial charge in [0.15, 0.2) is 9.84 Å². The minimum absolute atomic E-state index is 0.0540. The second-order valence-electron chi connectivity index (χ2n) is 4.55. The lowest BCUT2D eigenvalue weighted by Crippen LogP contribution is -2.04. The number of rotatable bonds is 4. The first-order valence-corrected chi connectivity index (χ1v) is 8.66. The van der Waals surface area contributed by atoms with Crippen molar-refractivity contribution < 1.29 is 17.9 Å². The normalized spacial score (nSPS) is 11.4. The lowest BCUT2D eigenvalue weighted by atomic mass is 10.2. The molecular formula is C14H13BrFNO3S. The molecule has 0 aliphatic carbocycles. The summed E-state index contributed by atoms with van der Waals surface area (Å²) in [5.74, 6) is -0.413. The van der Waals surface area contributed by atoms with E-state index in [1.807, 2.05) is 0 Å². The Bertz CT molecular complexity index is 778. The molecule has 2 N–H and O–H groups in total. The molecule has 0 spiro atoms. The number of benzene rings is 2. The quantitative estimate of drug-likeness (QED) is 0.806. The molecule has 0 unspecified atom stereocenters. The Kier molecular flexibility index (Phi) is 4.53. The molecule has 0 bridgehead atoms. The maximum atomic E-state index is 13.7. The highest BCUT2D eigenvalue weighted by atomic mass is 79.9. The summed E-state index contributed by atoms with van der Waals surface area (Å²) < 4.78 is 37.2. The zero-order valence-corrected chi connectivity index (χ0v) is 13.5. The number of phenolic OH excluding ortho intramolecular Hbond substituents is 1. The van der Waals surface area contributed by atoms with Crippen LogP contribution in [0.1, 0.15) is 5.56 Å². The third-order valence-electron chi connectivity index (χ3n) is 2.86. The summed E-state index contributed by atoms with van der Waals surface area (Å²) in [7, 11) is -3.38. The molecule has 0 aliphatic rings. The Labute approximate surface area is 130 Å². The molecule has 2 rings (SSSR count). The summed E-state index contributed by atoms with van der Waals surface area (Å²) >= 11 is 3.19. The van der Waals surface area contributed by atoms with Crippen LogP contribution in [0.3, 0.4) is 0 Å². The third kappa shape index (κ3) is 3.95. The fourth-order valence-electron chi connectivity index (χ4n) is 1.73. The molecule has 0 amide bonds. The molecule has 112 valence electrons. The van der Waals surface area contributed by atoms with Crippen molar-refractivity contribution in [1.82, 2.24) is 0 Å². The van der Waals surface area contributed by atoms with E-state index >= 15 is 0 Å². The van der Waals surface area contributed by atoms with Gasteiger partial charge >= 0.3 is 0 Å². The number of halogens is 2. The lowest BCUT2D eigenvalue weighted by Gasteiger charge is -2.10. The van der Waals surface area contributed by atoms with Gasteiger partial charge in [0.1, 0.15) is 11.6 Å². The third-order valence-corrected chi connectivity index (χ3v) is 4.61. The van der Waals surface area contributed by atoms with Gasteiger partial charge in [-0.3, -0.25) is 0 Å². The monoisotopic (exact) mass is 373 g/mol. The van der Waals surface area contributed by atoms with Gasteiger partial charge < -0.3 is 10.4 Å². The molecule has 0 heterocycles. The van der Waals surface area contributed by atoms with Crippen LogP contribution in [-0.2, 0) is 16.4 Å². The topological polar surface area (TPSA) is 66.4 Å². The van der Waals surface area contributed by atoms with Gasteiger partial charge in [-0.05, 0) is 51.8 Å². The van der Waals surface area contributed by atoms with Crippen LogP contribution < -0.4 is 5.32 Å². The van der Waals surface area contributed by atoms with E-state index < -0.39 is 15.7 Å². The Morgan fingerprint density at radius 1 is 1.24 bits per heavy atom. The summed E-state index contributed by atoms with van der Waals surface area (Å²) in [5.41, 5.74) is 0.922. The molecule has 0 radical (unpaired) electrons. The molecular weight excluding hydrogens is 361 g/mol. The minimum atomic E-state index is -3.38. The summed E-state index contributed by atoms with van der Waals surface area (Å²) in [4.78, 5) is 0.0540. The van der Waals surface area contributed by atoms with Crippen molar-refractivity contribution in [3.63, 3.8) is 0 Å². The largest absolute Gasteiger partial charge is 0.507 e. The highest BCUT2D eigenvalue weighted by molar-refractivity contribution is 9.10. The van der Waals surface area contributed by atoms with Crippen molar-refractivity contribution in [1.29, 1.82) is 0 Å². The van der Waals surface area contributed by atoms with Crippen molar-refractivity contribution in [3.05, 3.63) is 52.3 Å². The van der Waals surface area contributed by atoms with Crippen LogP contribution in [0.4, 0.5) is 10.1 Å². The first kappa shape index (κ1) is 15.8. The molecule has 2 aromatic carbocycles. The first-order valence-electron chi connectivity index (χ1n) is 5.98. The number of nitrogens with one attached hydrogen (secondary N) is 1. The van der Waals surface area contributed by atoms with Crippen LogP contribution in [0.2, 0.25) is 0 Å². The van der Waals surface area contributed by atoms with Crippen LogP contribution in [0.15, 0.2) is 45.8 Å². The van der Waals surface area contributed by atoms with Gasteiger partial charge in [0.25, 0.3) is 0 Å². The second-order valence-corrected chi connectivity index (χ2v) is 7.42. The summed E-state index contributed by atoms with van der Waals surface area (Å²) in [6.07, 6.45) is 1.07. The van der Waals surface area contributed by atoms with Crippen LogP contribution in [0.5, 0.6) is 5.75 Å². The molecule has 0 fully saturated rings. The van der Waals surface area contributed by atoms with Crippen LogP contribution in [-0.4, -0.2) is 19.8 Å². The predicted octanol–water partition coefficient (Wildman–Crippen LogP) is 3.31. The van der Waals surface area contributed by atoms with Crippen molar-refractivity contribution in [3.8, 4) is 5.75 Å². The first-order chi connectivity index (χ1) is 9.77. The van der Waals surface area contributed by atoms with E-state index in [1.54, 1.807) is 12.1 Å². The number of phenols is 1. The summed E-state index contributed by atoms with van der Waals surface area (Å²) in [6, 6.07) is 8.51. The predicted molar refractivity (Wildman–Crippen MR) is 82.6 cm³/mol. The fourth-order valence-corrected chi connectivity index (χ4v) is 2.80. The maximum Gasteiger partial charge on any atom is 0.175 e. The van der Waals surface area contributed by atoms with Crippen LogP contribution >= 0.6 is 15.9 Å². The van der Waals surface area contributed by atoms with E-state index in [-0.39, 0.29) is 16.3 Å². The van der Waals surface area contributed by atoms with Crippen molar-refractivity contribution >= 4 is 31.5 Å². The minimum Gasteiger partial charge on any atom is -0.507 e. The van der Waals surface area contributed by atoms with E-state index in [1.165, 1.54) is 18.2 Å². The van der Waals surface area contributed by atoms with Gasteiger partial charge in [0.2, 0.25) is 0 Å². The molecule has 7 heteroatoms. The summed E-state index contributed by atoms with van der Waals surface area (Å²) in [5, 5.41) is 12.3. The van der Waals surface area contributed by atoms with E-state index in [9.17, 15) is 17.9 Å². The van der Waals surface area contributed by atoms with Crippen LogP contribution in [0, 0.1) is 5.82 Å². The Morgan fingerprint density at radius 2 is 1.95 bits per heavy atom. The molecule has 0 aromatic heterocycles. The van der Waals surface area contributed by atoms with Crippen molar-refractivity contribution in [2.45, 2.75) is 11.4 Å². The molecule has 0 saturated carbocycles. The smallest absolute Gasteiger partial charge is 0.175 e. The van der Waals surface area contributed by atoms with Gasteiger partial charge in [-0.2, -0.15) is 0 Å². The molecule has 0 saturated heterocycles. The fraction of sp³-hybridized carbons (Fsp3) is 0.143. The van der Waals surface area contributed by atoms with E-state index in [0.29, 0.717) is 11.0 Å². The zero-order valence-electron chi connectivity index (χ0n) is 11.1. The number of hydrogen-bond acceptors (Lipinski definition) is 4. The highest BCUT2D eigenvalue weighted by Crippen LogP contribution is 2.25. The standard InChI is InChI=1S/C14H13BrFNO3S/c1-21(19,20)10-3-4-12(16)13(7-10)17-8-9-2-5-14(18)11(15)6-9/h2-7,17-18H,8H2,1H3. The van der Waals surface area contributed by atoms with E-state index in [4.69, 9.17) is 0 Å². The maximum absolute atomic E-state index is 13.7. The SMILES string of the molecule is CS(=O)(=O)c1ccc(F)c(NCc2ccc(O)c(Br)c2)c1. The Balaban J connectivity index is 2.21. The Morgan fingerprint density at radius 3 is 2.57 bits per heavy atom. The Hall–Kier alpha value is -1.60. The zero-order chi connectivity index (χ0) is 15.6. The average Bonchev–Trinajstić information content (AvgIpc) is 2.40.